The Hall–Kier alpha value is -2.49. The molecular formula is C23H30N2O2. The Morgan fingerprint density at radius 1 is 1.19 bits per heavy atom. The molecule has 1 N–H and O–H groups in total. The smallest absolute Gasteiger partial charge is 0.220 e. The van der Waals surface area contributed by atoms with Gasteiger partial charge in [-0.3, -0.25) is 4.79 Å². The van der Waals surface area contributed by atoms with Crippen molar-refractivity contribution in [2.45, 2.75) is 39.0 Å². The summed E-state index contributed by atoms with van der Waals surface area (Å²) in [5.74, 6) is 1.08. The van der Waals surface area contributed by atoms with Crippen LogP contribution in [0.4, 0.5) is 5.69 Å². The van der Waals surface area contributed by atoms with Crippen LogP contribution in [0.1, 0.15) is 37.3 Å². The molecule has 0 radical (unpaired) electrons. The molecule has 0 bridgehead atoms. The molecule has 1 aliphatic heterocycles. The minimum Gasteiger partial charge on any atom is -0.494 e. The number of nitrogens with one attached hydrogen (secondary N) is 1. The Balaban J connectivity index is 1.46. The molecule has 144 valence electrons. The molecule has 0 saturated carbocycles. The van der Waals surface area contributed by atoms with E-state index >= 15 is 0 Å². The van der Waals surface area contributed by atoms with Crippen LogP contribution in [0.25, 0.3) is 0 Å². The van der Waals surface area contributed by atoms with Crippen LogP contribution in [0.3, 0.4) is 0 Å². The normalized spacial score (nSPS) is 12.7. The number of nitrogens with zero attached hydrogens (tertiary/aromatic N) is 1. The number of fused-ring (bicyclic) bond motifs is 1. The number of anilines is 1. The largest absolute Gasteiger partial charge is 0.494 e. The van der Waals surface area contributed by atoms with Crippen LogP contribution in [-0.2, 0) is 17.6 Å². The fourth-order valence-corrected chi connectivity index (χ4v) is 3.50. The van der Waals surface area contributed by atoms with Gasteiger partial charge in [0.1, 0.15) is 5.75 Å². The first-order valence-corrected chi connectivity index (χ1v) is 10.1. The highest BCUT2D eigenvalue weighted by Gasteiger charge is 2.19. The number of rotatable bonds is 10. The Morgan fingerprint density at radius 3 is 2.85 bits per heavy atom. The van der Waals surface area contributed by atoms with Gasteiger partial charge in [0.25, 0.3) is 0 Å². The van der Waals surface area contributed by atoms with E-state index < -0.39 is 0 Å². The first-order chi connectivity index (χ1) is 13.3. The maximum Gasteiger partial charge on any atom is 0.220 e. The van der Waals surface area contributed by atoms with Gasteiger partial charge in [0.2, 0.25) is 5.91 Å². The third-order valence-electron chi connectivity index (χ3n) is 4.95. The zero-order chi connectivity index (χ0) is 18.9. The van der Waals surface area contributed by atoms with E-state index in [4.69, 9.17) is 4.74 Å². The summed E-state index contributed by atoms with van der Waals surface area (Å²) in [6.07, 6.45) is 4.61. The van der Waals surface area contributed by atoms with Crippen molar-refractivity contribution < 1.29 is 9.53 Å². The summed E-state index contributed by atoms with van der Waals surface area (Å²) < 4.78 is 5.98. The Bertz CT molecular complexity index is 730. The van der Waals surface area contributed by atoms with Gasteiger partial charge in [-0.15, -0.1) is 0 Å². The van der Waals surface area contributed by atoms with Crippen LogP contribution in [0.2, 0.25) is 0 Å². The molecular weight excluding hydrogens is 336 g/mol. The quantitative estimate of drug-likeness (QED) is 0.647. The highest BCUT2D eigenvalue weighted by atomic mass is 16.5. The number of ether oxygens (including phenoxy) is 1. The molecule has 0 spiro atoms. The van der Waals surface area contributed by atoms with Crippen molar-refractivity contribution in [1.82, 2.24) is 5.32 Å². The van der Waals surface area contributed by atoms with Gasteiger partial charge in [0.05, 0.1) is 6.61 Å². The molecule has 1 heterocycles. The first-order valence-electron chi connectivity index (χ1n) is 10.1. The summed E-state index contributed by atoms with van der Waals surface area (Å²) in [7, 11) is 0. The van der Waals surface area contributed by atoms with Crippen LogP contribution in [-0.4, -0.2) is 32.1 Å². The molecule has 0 saturated heterocycles. The number of amides is 1. The molecule has 0 fully saturated rings. The summed E-state index contributed by atoms with van der Waals surface area (Å²) in [5.41, 5.74) is 3.97. The van der Waals surface area contributed by atoms with Crippen molar-refractivity contribution in [2.75, 3.05) is 31.1 Å². The zero-order valence-electron chi connectivity index (χ0n) is 16.2. The van der Waals surface area contributed by atoms with Crippen molar-refractivity contribution in [3.63, 3.8) is 0 Å². The van der Waals surface area contributed by atoms with E-state index in [0.717, 1.165) is 51.1 Å². The van der Waals surface area contributed by atoms with E-state index in [1.165, 1.54) is 16.8 Å². The predicted molar refractivity (Wildman–Crippen MR) is 111 cm³/mol. The van der Waals surface area contributed by atoms with Gasteiger partial charge in [-0.2, -0.15) is 0 Å². The predicted octanol–water partition coefficient (Wildman–Crippen LogP) is 3.98. The third-order valence-corrected chi connectivity index (χ3v) is 4.95. The van der Waals surface area contributed by atoms with Crippen LogP contribution < -0.4 is 15.0 Å². The first kappa shape index (κ1) is 19.3. The summed E-state index contributed by atoms with van der Waals surface area (Å²) in [4.78, 5) is 14.0. The topological polar surface area (TPSA) is 41.6 Å². The molecule has 4 nitrogen and oxygen atoms in total. The van der Waals surface area contributed by atoms with Gasteiger partial charge in [0, 0.05) is 37.8 Å². The van der Waals surface area contributed by atoms with Gasteiger partial charge in [-0.25, -0.2) is 0 Å². The number of carbonyl (C=O) groups excluding carboxylic acids is 1. The van der Waals surface area contributed by atoms with E-state index in [9.17, 15) is 4.79 Å². The van der Waals surface area contributed by atoms with Crippen LogP contribution in [0, 0.1) is 0 Å². The molecule has 0 atom stereocenters. The molecule has 3 rings (SSSR count). The summed E-state index contributed by atoms with van der Waals surface area (Å²) in [6, 6.07) is 16.9. The van der Waals surface area contributed by atoms with Gasteiger partial charge in [-0.1, -0.05) is 43.3 Å². The second-order valence-corrected chi connectivity index (χ2v) is 7.07. The maximum absolute atomic E-state index is 11.6. The number of carbonyl (C=O) groups is 1. The molecule has 0 aromatic heterocycles. The summed E-state index contributed by atoms with van der Waals surface area (Å²) in [5, 5.41) is 3.00. The van der Waals surface area contributed by atoms with E-state index in [-0.39, 0.29) is 5.91 Å². The Kier molecular flexibility index (Phi) is 7.14. The summed E-state index contributed by atoms with van der Waals surface area (Å²) >= 11 is 0. The SMILES string of the molecule is CCCC(=O)NCCN1CCc2ccc(OCCCc3ccccc3)cc21. The minimum atomic E-state index is 0.146. The Morgan fingerprint density at radius 2 is 2.04 bits per heavy atom. The zero-order valence-corrected chi connectivity index (χ0v) is 16.2. The molecule has 4 heteroatoms. The lowest BCUT2D eigenvalue weighted by atomic mass is 10.1. The van der Waals surface area contributed by atoms with Crippen LogP contribution >= 0.6 is 0 Å². The van der Waals surface area contributed by atoms with Gasteiger partial charge >= 0.3 is 0 Å². The molecule has 0 unspecified atom stereocenters. The molecule has 1 aliphatic rings. The fourth-order valence-electron chi connectivity index (χ4n) is 3.50. The number of aryl methyl sites for hydroxylation is 1. The third kappa shape index (κ3) is 5.75. The number of hydrogen-bond acceptors (Lipinski definition) is 3. The molecule has 0 aliphatic carbocycles. The van der Waals surface area contributed by atoms with E-state index in [1.807, 2.05) is 13.0 Å². The minimum absolute atomic E-state index is 0.146. The lowest BCUT2D eigenvalue weighted by Gasteiger charge is -2.20. The highest BCUT2D eigenvalue weighted by molar-refractivity contribution is 5.75. The molecule has 27 heavy (non-hydrogen) atoms. The lowest BCUT2D eigenvalue weighted by molar-refractivity contribution is -0.121. The highest BCUT2D eigenvalue weighted by Crippen LogP contribution is 2.31. The van der Waals surface area contributed by atoms with Crippen molar-refractivity contribution >= 4 is 11.6 Å². The molecule has 2 aromatic rings. The Labute approximate surface area is 162 Å². The van der Waals surface area contributed by atoms with Gasteiger partial charge < -0.3 is 15.0 Å². The van der Waals surface area contributed by atoms with Crippen LogP contribution in [0.15, 0.2) is 48.5 Å². The van der Waals surface area contributed by atoms with Crippen LogP contribution in [0.5, 0.6) is 5.75 Å². The maximum atomic E-state index is 11.6. The van der Waals surface area contributed by atoms with E-state index in [2.05, 4.69) is 52.7 Å². The second kappa shape index (κ2) is 10.0. The monoisotopic (exact) mass is 366 g/mol. The lowest BCUT2D eigenvalue weighted by Crippen LogP contribution is -2.33. The van der Waals surface area contributed by atoms with Crippen molar-refractivity contribution in [2.24, 2.45) is 0 Å². The van der Waals surface area contributed by atoms with Crippen molar-refractivity contribution in [3.05, 3.63) is 59.7 Å². The van der Waals surface area contributed by atoms with E-state index in [0.29, 0.717) is 13.0 Å². The average molecular weight is 367 g/mol. The summed E-state index contributed by atoms with van der Waals surface area (Å²) in [6.45, 7) is 5.30. The average Bonchev–Trinajstić information content (AvgIpc) is 3.09. The number of hydrogen-bond donors (Lipinski definition) is 1. The van der Waals surface area contributed by atoms with Crippen molar-refractivity contribution in [3.8, 4) is 5.75 Å². The molecule has 1 amide bonds. The number of benzene rings is 2. The second-order valence-electron chi connectivity index (χ2n) is 7.07. The standard InChI is InChI=1S/C23H30N2O2/c1-2-7-23(26)24-14-16-25-15-13-20-11-12-21(18-22(20)25)27-17-6-10-19-8-4-3-5-9-19/h3-5,8-9,11-12,18H,2,6-7,10,13-17H2,1H3,(H,24,26). The van der Waals surface area contributed by atoms with Crippen molar-refractivity contribution in [1.29, 1.82) is 0 Å². The van der Waals surface area contributed by atoms with Gasteiger partial charge in [-0.05, 0) is 42.9 Å². The fraction of sp³-hybridized carbons (Fsp3) is 0.435. The van der Waals surface area contributed by atoms with E-state index in [1.54, 1.807) is 0 Å². The van der Waals surface area contributed by atoms with Gasteiger partial charge in [0.15, 0.2) is 0 Å². The molecule has 2 aromatic carbocycles.